The third kappa shape index (κ3) is 8.53. The Morgan fingerprint density at radius 2 is 1.62 bits per heavy atom. The molecule has 1 saturated carbocycles. The number of phenols is 1. The maximum Gasteiger partial charge on any atom is 0.339 e. The first kappa shape index (κ1) is 31.8. The summed E-state index contributed by atoms with van der Waals surface area (Å²) in [5, 5.41) is 29.4. The fraction of sp³-hybridized carbons (Fsp3) is 0.270. The van der Waals surface area contributed by atoms with Gasteiger partial charge < -0.3 is 15.1 Å². The second-order valence-corrected chi connectivity index (χ2v) is 12.7. The quantitative estimate of drug-likeness (QED) is 0.164. The Hall–Kier alpha value is -4.58. The molecule has 2 N–H and O–H groups in total. The minimum Gasteiger partial charge on any atom is -0.507 e. The van der Waals surface area contributed by atoms with E-state index in [-0.39, 0.29) is 24.6 Å². The number of nitriles is 1. The molecule has 4 aromatic rings. The van der Waals surface area contributed by atoms with Crippen molar-refractivity contribution in [1.82, 2.24) is 4.31 Å². The second-order valence-electron chi connectivity index (χ2n) is 11.6. The Kier molecular flexibility index (Phi) is 10.6. The molecule has 1 amide bonds. The van der Waals surface area contributed by atoms with Crippen molar-refractivity contribution in [2.75, 3.05) is 11.4 Å². The van der Waals surface area contributed by atoms with Crippen LogP contribution < -0.4 is 4.90 Å². The van der Waals surface area contributed by atoms with Gasteiger partial charge >= 0.3 is 5.97 Å². The molecule has 0 bridgehead atoms. The van der Waals surface area contributed by atoms with E-state index < -0.39 is 11.7 Å². The fourth-order valence-electron chi connectivity index (χ4n) is 5.75. The van der Waals surface area contributed by atoms with Crippen LogP contribution in [-0.4, -0.2) is 32.9 Å². The van der Waals surface area contributed by atoms with Crippen LogP contribution >= 0.6 is 11.9 Å². The molecule has 0 heterocycles. The number of carbonyl (C=O) groups excluding carboxylic acids is 1. The highest BCUT2D eigenvalue weighted by atomic mass is 32.2. The SMILES string of the molecule is Cc1ccc(SN(CC(=O)N(Cc2ccc(C3CCCCC3)cc2)c2ccc(C(=O)O)c(O)c2)Cc2cccc(C#N)c2)cc1. The van der Waals surface area contributed by atoms with Gasteiger partial charge in [-0.05, 0) is 90.7 Å². The molecule has 1 aliphatic carbocycles. The van der Waals surface area contributed by atoms with Gasteiger partial charge in [0.15, 0.2) is 0 Å². The van der Waals surface area contributed by atoms with Gasteiger partial charge in [0.1, 0.15) is 11.3 Å². The molecule has 4 aromatic carbocycles. The lowest BCUT2D eigenvalue weighted by Crippen LogP contribution is -2.37. The van der Waals surface area contributed by atoms with Crippen LogP contribution in [0.25, 0.3) is 0 Å². The lowest BCUT2D eigenvalue weighted by molar-refractivity contribution is -0.118. The topological polar surface area (TPSA) is 105 Å². The second kappa shape index (κ2) is 14.9. The Bertz CT molecular complexity index is 1680. The van der Waals surface area contributed by atoms with Gasteiger partial charge in [-0.2, -0.15) is 5.26 Å². The van der Waals surface area contributed by atoms with Gasteiger partial charge in [-0.25, -0.2) is 9.10 Å². The van der Waals surface area contributed by atoms with E-state index in [1.165, 1.54) is 61.7 Å². The molecule has 45 heavy (non-hydrogen) atoms. The highest BCUT2D eigenvalue weighted by Gasteiger charge is 2.23. The Morgan fingerprint density at radius 3 is 2.29 bits per heavy atom. The van der Waals surface area contributed by atoms with Crippen molar-refractivity contribution in [1.29, 1.82) is 5.26 Å². The maximum absolute atomic E-state index is 14.2. The highest BCUT2D eigenvalue weighted by molar-refractivity contribution is 7.97. The smallest absolute Gasteiger partial charge is 0.339 e. The van der Waals surface area contributed by atoms with Crippen LogP contribution in [0.3, 0.4) is 0 Å². The molecule has 7 nitrogen and oxygen atoms in total. The van der Waals surface area contributed by atoms with Gasteiger partial charge in [0, 0.05) is 23.2 Å². The largest absolute Gasteiger partial charge is 0.507 e. The van der Waals surface area contributed by atoms with Crippen molar-refractivity contribution in [2.45, 2.75) is 62.9 Å². The molecule has 0 aliphatic heterocycles. The monoisotopic (exact) mass is 619 g/mol. The molecule has 5 rings (SSSR count). The van der Waals surface area contributed by atoms with Crippen LogP contribution in [0.2, 0.25) is 0 Å². The number of hydrogen-bond donors (Lipinski definition) is 2. The van der Waals surface area contributed by atoms with Crippen molar-refractivity contribution in [3.8, 4) is 11.8 Å². The Morgan fingerprint density at radius 1 is 0.889 bits per heavy atom. The van der Waals surface area contributed by atoms with E-state index in [4.69, 9.17) is 0 Å². The molecule has 8 heteroatoms. The maximum atomic E-state index is 14.2. The van der Waals surface area contributed by atoms with Crippen molar-refractivity contribution in [3.05, 3.63) is 124 Å². The first-order valence-corrected chi connectivity index (χ1v) is 16.0. The number of carbonyl (C=O) groups is 2. The molecule has 0 spiro atoms. The summed E-state index contributed by atoms with van der Waals surface area (Å²) in [6.45, 7) is 2.71. The fourth-order valence-corrected chi connectivity index (χ4v) is 6.70. The number of carboxylic acids is 1. The van der Waals surface area contributed by atoms with E-state index in [9.17, 15) is 25.1 Å². The molecule has 1 fully saturated rings. The molecular weight excluding hydrogens is 582 g/mol. The van der Waals surface area contributed by atoms with Crippen LogP contribution in [0.15, 0.2) is 95.9 Å². The van der Waals surface area contributed by atoms with Crippen LogP contribution in [0, 0.1) is 18.3 Å². The van der Waals surface area contributed by atoms with Crippen LogP contribution in [0.4, 0.5) is 5.69 Å². The number of aryl methyl sites for hydroxylation is 1. The molecule has 1 aliphatic rings. The van der Waals surface area contributed by atoms with E-state index in [0.29, 0.717) is 23.7 Å². The lowest BCUT2D eigenvalue weighted by atomic mass is 9.84. The molecular formula is C37H37N3O4S. The van der Waals surface area contributed by atoms with Gasteiger partial charge in [-0.3, -0.25) is 4.79 Å². The summed E-state index contributed by atoms with van der Waals surface area (Å²) in [5.74, 6) is -1.29. The zero-order chi connectivity index (χ0) is 31.8. The molecule has 0 aromatic heterocycles. The van der Waals surface area contributed by atoms with Crippen molar-refractivity contribution < 1.29 is 19.8 Å². The summed E-state index contributed by atoms with van der Waals surface area (Å²) in [7, 11) is 0. The Labute approximate surface area is 268 Å². The minimum absolute atomic E-state index is 0.0247. The summed E-state index contributed by atoms with van der Waals surface area (Å²) in [5.41, 5.74) is 5.02. The van der Waals surface area contributed by atoms with E-state index in [1.54, 1.807) is 17.0 Å². The number of aromatic hydroxyl groups is 1. The zero-order valence-electron chi connectivity index (χ0n) is 25.4. The number of rotatable bonds is 11. The number of carboxylic acid groups (broad SMARTS) is 1. The average Bonchev–Trinajstić information content (AvgIpc) is 3.05. The average molecular weight is 620 g/mol. The molecule has 0 radical (unpaired) electrons. The first-order chi connectivity index (χ1) is 21.8. The van der Waals surface area contributed by atoms with Gasteiger partial charge in [0.25, 0.3) is 0 Å². The summed E-state index contributed by atoms with van der Waals surface area (Å²) in [6.07, 6.45) is 6.20. The lowest BCUT2D eigenvalue weighted by Gasteiger charge is -2.28. The summed E-state index contributed by atoms with van der Waals surface area (Å²) in [6, 6.07) is 30.2. The van der Waals surface area contributed by atoms with Gasteiger partial charge in [0.2, 0.25) is 5.91 Å². The van der Waals surface area contributed by atoms with Crippen molar-refractivity contribution in [2.24, 2.45) is 0 Å². The molecule has 0 atom stereocenters. The molecule has 0 unspecified atom stereocenters. The number of benzene rings is 4. The standard InChI is InChI=1S/C37H37N3O4S/c1-26-10-17-33(18-11-26)45-39(23-29-7-5-6-28(20-29)22-38)25-36(42)40(32-16-19-34(37(43)44)35(41)21-32)24-27-12-14-31(15-13-27)30-8-3-2-4-9-30/h5-7,10-21,30,41H,2-4,8-9,23-25H2,1H3,(H,43,44). The van der Waals surface area contributed by atoms with Crippen LogP contribution in [-0.2, 0) is 17.9 Å². The number of aromatic carboxylic acids is 1. The van der Waals surface area contributed by atoms with Crippen molar-refractivity contribution >= 4 is 29.5 Å². The zero-order valence-corrected chi connectivity index (χ0v) is 26.2. The summed E-state index contributed by atoms with van der Waals surface area (Å²) in [4.78, 5) is 28.3. The van der Waals surface area contributed by atoms with Crippen LogP contribution in [0.5, 0.6) is 5.75 Å². The number of amides is 1. The van der Waals surface area contributed by atoms with Crippen LogP contribution in [0.1, 0.15) is 76.2 Å². The van der Waals surface area contributed by atoms with E-state index in [2.05, 4.69) is 30.3 Å². The predicted octanol–water partition coefficient (Wildman–Crippen LogP) is 8.06. The first-order valence-electron chi connectivity index (χ1n) is 15.2. The number of anilines is 1. The third-order valence-electron chi connectivity index (χ3n) is 8.20. The van der Waals surface area contributed by atoms with E-state index in [0.717, 1.165) is 21.6 Å². The minimum atomic E-state index is -1.24. The molecule has 0 saturated heterocycles. The molecule has 230 valence electrons. The number of hydrogen-bond acceptors (Lipinski definition) is 6. The van der Waals surface area contributed by atoms with Crippen molar-refractivity contribution in [3.63, 3.8) is 0 Å². The van der Waals surface area contributed by atoms with Gasteiger partial charge in [-0.1, -0.05) is 73.4 Å². The van der Waals surface area contributed by atoms with E-state index >= 15 is 0 Å². The predicted molar refractivity (Wildman–Crippen MR) is 177 cm³/mol. The highest BCUT2D eigenvalue weighted by Crippen LogP contribution is 2.33. The van der Waals surface area contributed by atoms with Gasteiger partial charge in [0.05, 0.1) is 24.7 Å². The summed E-state index contributed by atoms with van der Waals surface area (Å²) >= 11 is 1.46. The van der Waals surface area contributed by atoms with E-state index in [1.807, 2.05) is 53.7 Å². The normalized spacial score (nSPS) is 13.4. The summed E-state index contributed by atoms with van der Waals surface area (Å²) < 4.78 is 1.95. The third-order valence-corrected chi connectivity index (χ3v) is 9.20. The van der Waals surface area contributed by atoms with Gasteiger partial charge in [-0.15, -0.1) is 0 Å². The Balaban J connectivity index is 1.43. The number of nitrogens with zero attached hydrogens (tertiary/aromatic N) is 3.